The molecule has 1 aromatic carbocycles. The van der Waals surface area contributed by atoms with Gasteiger partial charge in [0.25, 0.3) is 5.91 Å². The van der Waals surface area contributed by atoms with Crippen LogP contribution in [0.3, 0.4) is 0 Å². The molecule has 1 aliphatic rings. The Labute approximate surface area is 198 Å². The minimum atomic E-state index is -4.84. The van der Waals surface area contributed by atoms with Crippen molar-refractivity contribution in [2.24, 2.45) is 0 Å². The predicted octanol–water partition coefficient (Wildman–Crippen LogP) is 2.96. The third-order valence-corrected chi connectivity index (χ3v) is 8.07. The molecule has 1 saturated heterocycles. The summed E-state index contributed by atoms with van der Waals surface area (Å²) in [4.78, 5) is 29.5. The first kappa shape index (κ1) is 25.4. The Bertz CT molecular complexity index is 1230. The number of carbonyl (C=O) groups is 2. The Morgan fingerprint density at radius 2 is 1.82 bits per heavy atom. The van der Waals surface area contributed by atoms with E-state index in [1.54, 1.807) is 0 Å². The molecule has 0 spiro atoms. The quantitative estimate of drug-likeness (QED) is 0.537. The minimum absolute atomic E-state index is 0.0429. The van der Waals surface area contributed by atoms with Gasteiger partial charge in [-0.25, -0.2) is 21.9 Å². The minimum Gasteiger partial charge on any atom is -0.335 e. The van der Waals surface area contributed by atoms with Crippen LogP contribution in [0.15, 0.2) is 35.4 Å². The Morgan fingerprint density at radius 1 is 1.18 bits per heavy atom. The van der Waals surface area contributed by atoms with Gasteiger partial charge < -0.3 is 4.90 Å². The maximum Gasteiger partial charge on any atom is 0.417 e. The van der Waals surface area contributed by atoms with Gasteiger partial charge in [-0.1, -0.05) is 23.2 Å². The summed E-state index contributed by atoms with van der Waals surface area (Å²) in [7, 11) is -5.83. The fraction of sp³-hybridized carbons (Fsp3) is 0.278. The van der Waals surface area contributed by atoms with Gasteiger partial charge >= 0.3 is 6.18 Å². The molecule has 0 bridgehead atoms. The number of nitrogens with zero attached hydrogens (tertiary/aromatic N) is 3. The standard InChI is InChI=1S/C18H14Cl2F3N3O5S2/c19-11-7-15(16(24-9-11)17(28)25-3-5-33(30,31)6-4-25)26(10-27)32(29)12-1-2-14(20)13(8-12)18(21,22)23/h1-2,7-10H,3-6H2. The summed E-state index contributed by atoms with van der Waals surface area (Å²) in [6, 6.07) is 3.56. The van der Waals surface area contributed by atoms with E-state index in [2.05, 4.69) is 4.98 Å². The van der Waals surface area contributed by atoms with Gasteiger partial charge in [0, 0.05) is 19.3 Å². The number of hydrogen-bond acceptors (Lipinski definition) is 6. The molecule has 1 aromatic heterocycles. The topological polar surface area (TPSA) is 105 Å². The molecule has 1 fully saturated rings. The zero-order valence-corrected chi connectivity index (χ0v) is 19.5. The lowest BCUT2D eigenvalue weighted by Crippen LogP contribution is -2.44. The molecule has 33 heavy (non-hydrogen) atoms. The number of anilines is 1. The van der Waals surface area contributed by atoms with Crippen LogP contribution in [-0.2, 0) is 31.8 Å². The van der Waals surface area contributed by atoms with Crippen LogP contribution in [-0.4, -0.2) is 59.4 Å². The predicted molar refractivity (Wildman–Crippen MR) is 115 cm³/mol. The molecule has 0 aliphatic carbocycles. The highest BCUT2D eigenvalue weighted by atomic mass is 35.5. The number of carbonyl (C=O) groups excluding carboxylic acids is 2. The summed E-state index contributed by atoms with van der Waals surface area (Å²) < 4.78 is 76.4. The first-order valence-corrected chi connectivity index (χ1v) is 12.7. The number of rotatable bonds is 5. The third kappa shape index (κ3) is 5.65. The van der Waals surface area contributed by atoms with Gasteiger partial charge in [0.2, 0.25) is 6.41 Å². The fourth-order valence-corrected chi connectivity index (χ4v) is 5.56. The Balaban J connectivity index is 2.01. The molecule has 2 heterocycles. The molecule has 2 aromatic rings. The summed E-state index contributed by atoms with van der Waals surface area (Å²) in [5.74, 6) is -1.29. The highest BCUT2D eigenvalue weighted by Crippen LogP contribution is 2.36. The fourth-order valence-electron chi connectivity index (χ4n) is 2.96. The van der Waals surface area contributed by atoms with Crippen molar-refractivity contribution in [1.29, 1.82) is 0 Å². The second-order valence-corrected chi connectivity index (χ2v) is 11.3. The van der Waals surface area contributed by atoms with Crippen molar-refractivity contribution in [2.75, 3.05) is 28.9 Å². The molecular formula is C18H14Cl2F3N3O5S2. The Hall–Kier alpha value is -2.22. The van der Waals surface area contributed by atoms with Crippen LogP contribution >= 0.6 is 23.2 Å². The molecule has 1 aliphatic heterocycles. The molecule has 178 valence electrons. The maximum atomic E-state index is 13.2. The van der Waals surface area contributed by atoms with Crippen molar-refractivity contribution in [3.05, 3.63) is 51.8 Å². The number of alkyl halides is 3. The van der Waals surface area contributed by atoms with Gasteiger partial charge in [-0.15, -0.1) is 0 Å². The van der Waals surface area contributed by atoms with E-state index in [1.807, 2.05) is 0 Å². The van der Waals surface area contributed by atoms with Crippen molar-refractivity contribution in [2.45, 2.75) is 11.1 Å². The van der Waals surface area contributed by atoms with Crippen LogP contribution in [0.25, 0.3) is 0 Å². The van der Waals surface area contributed by atoms with Crippen molar-refractivity contribution in [3.63, 3.8) is 0 Å². The lowest BCUT2D eigenvalue weighted by molar-refractivity contribution is -0.137. The van der Waals surface area contributed by atoms with Gasteiger partial charge in [0.15, 0.2) is 26.5 Å². The smallest absolute Gasteiger partial charge is 0.335 e. The Morgan fingerprint density at radius 3 is 2.39 bits per heavy atom. The second kappa shape index (κ2) is 9.57. The monoisotopic (exact) mass is 543 g/mol. The number of pyridine rings is 1. The van der Waals surface area contributed by atoms with Gasteiger partial charge in [0.1, 0.15) is 0 Å². The SMILES string of the molecule is O=CN(c1cc(Cl)cnc1C(=O)N1CCS(=O)(=O)CC1)S(=O)c1ccc(Cl)c(C(F)(F)F)c1. The molecular weight excluding hydrogens is 530 g/mol. The first-order valence-electron chi connectivity index (χ1n) is 9.02. The largest absolute Gasteiger partial charge is 0.417 e. The van der Waals surface area contributed by atoms with Crippen LogP contribution < -0.4 is 4.31 Å². The van der Waals surface area contributed by atoms with Gasteiger partial charge in [0.05, 0.1) is 37.7 Å². The van der Waals surface area contributed by atoms with Gasteiger partial charge in [-0.2, -0.15) is 13.2 Å². The van der Waals surface area contributed by atoms with Crippen LogP contribution in [0.1, 0.15) is 16.1 Å². The summed E-state index contributed by atoms with van der Waals surface area (Å²) >= 11 is 11.5. The second-order valence-electron chi connectivity index (χ2n) is 6.79. The lowest BCUT2D eigenvalue weighted by atomic mass is 10.2. The van der Waals surface area contributed by atoms with E-state index in [4.69, 9.17) is 23.2 Å². The van der Waals surface area contributed by atoms with Crippen LogP contribution in [0, 0.1) is 0 Å². The molecule has 0 radical (unpaired) electrons. The first-order chi connectivity index (χ1) is 15.3. The highest BCUT2D eigenvalue weighted by molar-refractivity contribution is 7.91. The van der Waals surface area contributed by atoms with Crippen molar-refractivity contribution in [3.8, 4) is 0 Å². The molecule has 0 saturated carbocycles. The molecule has 0 N–H and O–H groups in total. The summed E-state index contributed by atoms with van der Waals surface area (Å²) in [5.41, 5.74) is -1.95. The van der Waals surface area contributed by atoms with Crippen molar-refractivity contribution >= 4 is 62.0 Å². The molecule has 15 heteroatoms. The van der Waals surface area contributed by atoms with E-state index in [0.717, 1.165) is 24.4 Å². The third-order valence-electron chi connectivity index (χ3n) is 4.63. The van der Waals surface area contributed by atoms with Crippen LogP contribution in [0.5, 0.6) is 0 Å². The summed E-state index contributed by atoms with van der Waals surface area (Å²) in [6.45, 7) is -0.248. The van der Waals surface area contributed by atoms with Gasteiger partial charge in [-0.3, -0.25) is 9.59 Å². The number of amides is 2. The summed E-state index contributed by atoms with van der Waals surface area (Å²) in [5, 5.41) is -0.667. The highest BCUT2D eigenvalue weighted by Gasteiger charge is 2.35. The van der Waals surface area contributed by atoms with Gasteiger partial charge in [-0.05, 0) is 24.3 Å². The van der Waals surface area contributed by atoms with E-state index in [1.165, 1.54) is 4.90 Å². The number of halogens is 5. The normalized spacial score (nSPS) is 16.8. The molecule has 2 amide bonds. The van der Waals surface area contributed by atoms with E-state index >= 15 is 0 Å². The summed E-state index contributed by atoms with van der Waals surface area (Å²) in [6.07, 6.45) is -3.69. The average molecular weight is 544 g/mol. The molecule has 1 atom stereocenters. The van der Waals surface area contributed by atoms with Crippen molar-refractivity contribution in [1.82, 2.24) is 9.88 Å². The zero-order valence-electron chi connectivity index (χ0n) is 16.4. The van der Waals surface area contributed by atoms with Crippen LogP contribution in [0.2, 0.25) is 10.0 Å². The average Bonchev–Trinajstić information content (AvgIpc) is 2.73. The molecule has 3 rings (SSSR count). The maximum absolute atomic E-state index is 13.2. The van der Waals surface area contributed by atoms with E-state index in [9.17, 15) is 35.4 Å². The number of aromatic nitrogens is 1. The number of sulfone groups is 1. The van der Waals surface area contributed by atoms with E-state index in [-0.39, 0.29) is 47.4 Å². The van der Waals surface area contributed by atoms with Crippen molar-refractivity contribution < 1.29 is 35.4 Å². The van der Waals surface area contributed by atoms with E-state index in [0.29, 0.717) is 10.4 Å². The number of hydrogen-bond donors (Lipinski definition) is 0. The molecule has 8 nitrogen and oxygen atoms in total. The van der Waals surface area contributed by atoms with Crippen LogP contribution in [0.4, 0.5) is 18.9 Å². The molecule has 1 unspecified atom stereocenters. The lowest BCUT2D eigenvalue weighted by Gasteiger charge is -2.28. The number of benzene rings is 1. The van der Waals surface area contributed by atoms with E-state index < -0.39 is 48.4 Å². The zero-order chi connectivity index (χ0) is 24.6. The Kier molecular flexibility index (Phi) is 7.36.